The van der Waals surface area contributed by atoms with Gasteiger partial charge in [0.05, 0.1) is 6.67 Å². The minimum atomic E-state index is -0.287. The van der Waals surface area contributed by atoms with Gasteiger partial charge < -0.3 is 5.32 Å². The Labute approximate surface area is 97.0 Å². The molecule has 0 aliphatic carbocycles. The third kappa shape index (κ3) is 3.03. The van der Waals surface area contributed by atoms with Gasteiger partial charge in [0.25, 0.3) is 0 Å². The van der Waals surface area contributed by atoms with Gasteiger partial charge in [0.15, 0.2) is 0 Å². The third-order valence-electron chi connectivity index (χ3n) is 3.98. The van der Waals surface area contributed by atoms with Gasteiger partial charge in [-0.3, -0.25) is 9.18 Å². The van der Waals surface area contributed by atoms with Gasteiger partial charge in [-0.25, -0.2) is 0 Å². The second-order valence-electron chi connectivity index (χ2n) is 5.27. The predicted octanol–water partition coefficient (Wildman–Crippen LogP) is 2.62. The van der Waals surface area contributed by atoms with Crippen LogP contribution in [0.5, 0.6) is 0 Å². The lowest BCUT2D eigenvalue weighted by Gasteiger charge is -2.39. The van der Waals surface area contributed by atoms with E-state index < -0.39 is 0 Å². The molecule has 2 aliphatic heterocycles. The molecule has 2 fully saturated rings. The SMILES string of the molecule is O=C(CCCCF)C1CC2CCCC(C1)N2. The lowest BCUT2D eigenvalue weighted by atomic mass is 9.78. The number of rotatable bonds is 5. The second-order valence-corrected chi connectivity index (χ2v) is 5.27. The van der Waals surface area contributed by atoms with E-state index in [1.165, 1.54) is 19.3 Å². The molecular formula is C13H22FNO. The van der Waals surface area contributed by atoms with Gasteiger partial charge in [-0.05, 0) is 38.5 Å². The fourth-order valence-electron chi connectivity index (χ4n) is 3.13. The summed E-state index contributed by atoms with van der Waals surface area (Å²) in [5.74, 6) is 0.642. The van der Waals surface area contributed by atoms with Crippen molar-refractivity contribution in [2.75, 3.05) is 6.67 Å². The quantitative estimate of drug-likeness (QED) is 0.731. The second kappa shape index (κ2) is 5.76. The minimum absolute atomic E-state index is 0.260. The molecule has 2 atom stereocenters. The van der Waals surface area contributed by atoms with E-state index in [4.69, 9.17) is 0 Å². The molecule has 0 amide bonds. The van der Waals surface area contributed by atoms with Gasteiger partial charge in [-0.15, -0.1) is 0 Å². The molecule has 2 bridgehead atoms. The first kappa shape index (κ1) is 12.0. The van der Waals surface area contributed by atoms with Gasteiger partial charge in [0.1, 0.15) is 5.78 Å². The number of hydrogen-bond acceptors (Lipinski definition) is 2. The lowest BCUT2D eigenvalue weighted by Crippen LogP contribution is -2.50. The number of hydrogen-bond donors (Lipinski definition) is 1. The number of alkyl halides is 1. The number of carbonyl (C=O) groups excluding carboxylic acids is 1. The minimum Gasteiger partial charge on any atom is -0.311 e. The van der Waals surface area contributed by atoms with Crippen LogP contribution >= 0.6 is 0 Å². The van der Waals surface area contributed by atoms with E-state index in [9.17, 15) is 9.18 Å². The average Bonchev–Trinajstić information content (AvgIpc) is 2.28. The fraction of sp³-hybridized carbons (Fsp3) is 0.923. The maximum atomic E-state index is 12.0. The smallest absolute Gasteiger partial charge is 0.136 e. The van der Waals surface area contributed by atoms with Gasteiger partial charge in [0, 0.05) is 24.4 Å². The Morgan fingerprint density at radius 1 is 1.19 bits per heavy atom. The van der Waals surface area contributed by atoms with Crippen molar-refractivity contribution in [1.82, 2.24) is 5.32 Å². The van der Waals surface area contributed by atoms with Crippen LogP contribution in [-0.4, -0.2) is 24.5 Å². The van der Waals surface area contributed by atoms with E-state index in [1.807, 2.05) is 0 Å². The highest BCUT2D eigenvalue weighted by atomic mass is 19.1. The van der Waals surface area contributed by atoms with Gasteiger partial charge >= 0.3 is 0 Å². The molecular weight excluding hydrogens is 205 g/mol. The molecule has 2 rings (SSSR count). The molecule has 2 nitrogen and oxygen atoms in total. The van der Waals surface area contributed by atoms with Crippen LogP contribution in [0.15, 0.2) is 0 Å². The van der Waals surface area contributed by atoms with Crippen LogP contribution in [0.4, 0.5) is 4.39 Å². The summed E-state index contributed by atoms with van der Waals surface area (Å²) in [7, 11) is 0. The van der Waals surface area contributed by atoms with Crippen molar-refractivity contribution < 1.29 is 9.18 Å². The molecule has 0 aromatic rings. The maximum absolute atomic E-state index is 12.0. The summed E-state index contributed by atoms with van der Waals surface area (Å²) in [6, 6.07) is 1.14. The van der Waals surface area contributed by atoms with Gasteiger partial charge in [-0.2, -0.15) is 0 Å². The van der Waals surface area contributed by atoms with Crippen molar-refractivity contribution in [1.29, 1.82) is 0 Å². The van der Waals surface area contributed by atoms with E-state index in [0.717, 1.165) is 19.3 Å². The molecule has 2 unspecified atom stereocenters. The van der Waals surface area contributed by atoms with E-state index in [1.54, 1.807) is 0 Å². The normalized spacial score (nSPS) is 33.7. The van der Waals surface area contributed by atoms with Crippen LogP contribution in [0.1, 0.15) is 51.4 Å². The molecule has 3 heteroatoms. The summed E-state index contributed by atoms with van der Waals surface area (Å²) in [6.07, 6.45) is 7.67. The Balaban J connectivity index is 1.78. The standard InChI is InChI=1S/C13H22FNO/c14-7-2-1-6-13(16)10-8-11-4-3-5-12(9-10)15-11/h10-12,15H,1-9H2. The van der Waals surface area contributed by atoms with E-state index >= 15 is 0 Å². The molecule has 2 aliphatic rings. The summed E-state index contributed by atoms with van der Waals surface area (Å²) in [4.78, 5) is 12.0. The number of ketones is 1. The number of piperidine rings is 2. The molecule has 2 saturated heterocycles. The number of unbranched alkanes of at least 4 members (excludes halogenated alkanes) is 1. The molecule has 0 aromatic carbocycles. The highest BCUT2D eigenvalue weighted by Gasteiger charge is 2.33. The zero-order valence-corrected chi connectivity index (χ0v) is 9.88. The lowest BCUT2D eigenvalue weighted by molar-refractivity contribution is -0.124. The van der Waals surface area contributed by atoms with E-state index in [0.29, 0.717) is 30.7 Å². The van der Waals surface area contributed by atoms with Crippen LogP contribution in [0.25, 0.3) is 0 Å². The number of fused-ring (bicyclic) bond motifs is 2. The molecule has 92 valence electrons. The predicted molar refractivity (Wildman–Crippen MR) is 62.1 cm³/mol. The Hall–Kier alpha value is -0.440. The Morgan fingerprint density at radius 3 is 2.50 bits per heavy atom. The Bertz CT molecular complexity index is 232. The summed E-state index contributed by atoms with van der Waals surface area (Å²) >= 11 is 0. The van der Waals surface area contributed by atoms with Crippen molar-refractivity contribution in [3.63, 3.8) is 0 Å². The average molecular weight is 227 g/mol. The summed E-state index contributed by atoms with van der Waals surface area (Å²) in [6.45, 7) is -0.287. The fourth-order valence-corrected chi connectivity index (χ4v) is 3.13. The number of Topliss-reactive ketones (excluding diaryl/α,β-unsaturated/α-hetero) is 1. The first-order valence-corrected chi connectivity index (χ1v) is 6.64. The maximum Gasteiger partial charge on any atom is 0.136 e. The summed E-state index contributed by atoms with van der Waals surface area (Å²) < 4.78 is 12.0. The van der Waals surface area contributed by atoms with Gasteiger partial charge in [-0.1, -0.05) is 6.42 Å². The monoisotopic (exact) mass is 227 g/mol. The van der Waals surface area contributed by atoms with Crippen LogP contribution < -0.4 is 5.32 Å². The number of halogens is 1. The topological polar surface area (TPSA) is 29.1 Å². The molecule has 0 saturated carbocycles. The van der Waals surface area contributed by atoms with Crippen LogP contribution in [0.2, 0.25) is 0 Å². The van der Waals surface area contributed by atoms with Crippen LogP contribution in [-0.2, 0) is 4.79 Å². The highest BCUT2D eigenvalue weighted by molar-refractivity contribution is 5.81. The van der Waals surface area contributed by atoms with Crippen molar-refractivity contribution in [3.8, 4) is 0 Å². The van der Waals surface area contributed by atoms with Crippen molar-refractivity contribution >= 4 is 5.78 Å². The molecule has 0 spiro atoms. The van der Waals surface area contributed by atoms with Gasteiger partial charge in [0.2, 0.25) is 0 Å². The highest BCUT2D eigenvalue weighted by Crippen LogP contribution is 2.31. The van der Waals surface area contributed by atoms with Crippen molar-refractivity contribution in [2.24, 2.45) is 5.92 Å². The first-order chi connectivity index (χ1) is 7.79. The first-order valence-electron chi connectivity index (χ1n) is 6.64. The van der Waals surface area contributed by atoms with Crippen molar-refractivity contribution in [2.45, 2.75) is 63.5 Å². The Kier molecular flexibility index (Phi) is 4.33. The molecule has 0 aromatic heterocycles. The summed E-state index contributed by atoms with van der Waals surface area (Å²) in [5, 5.41) is 3.59. The van der Waals surface area contributed by atoms with Crippen LogP contribution in [0, 0.1) is 5.92 Å². The van der Waals surface area contributed by atoms with Crippen molar-refractivity contribution in [3.05, 3.63) is 0 Å². The molecule has 1 N–H and O–H groups in total. The molecule has 2 heterocycles. The molecule has 0 radical (unpaired) electrons. The molecule has 16 heavy (non-hydrogen) atoms. The zero-order chi connectivity index (χ0) is 11.4. The van der Waals surface area contributed by atoms with Crippen LogP contribution in [0.3, 0.4) is 0 Å². The summed E-state index contributed by atoms with van der Waals surface area (Å²) in [5.41, 5.74) is 0. The zero-order valence-electron chi connectivity index (χ0n) is 9.88. The van der Waals surface area contributed by atoms with E-state index in [-0.39, 0.29) is 12.6 Å². The Morgan fingerprint density at radius 2 is 1.88 bits per heavy atom. The number of carbonyl (C=O) groups is 1. The van der Waals surface area contributed by atoms with E-state index in [2.05, 4.69) is 5.32 Å². The number of nitrogens with one attached hydrogen (secondary N) is 1. The largest absolute Gasteiger partial charge is 0.311 e. The third-order valence-corrected chi connectivity index (χ3v) is 3.98.